The van der Waals surface area contributed by atoms with Crippen LogP contribution < -0.4 is 4.74 Å². The van der Waals surface area contributed by atoms with Crippen molar-refractivity contribution >= 4 is 21.7 Å². The Morgan fingerprint density at radius 3 is 2.60 bits per heavy atom. The fourth-order valence-corrected chi connectivity index (χ4v) is 2.30. The molecular formula is C15H14BrN3O. The van der Waals surface area contributed by atoms with Gasteiger partial charge in [-0.15, -0.1) is 0 Å². The lowest BCUT2D eigenvalue weighted by atomic mass is 10.1. The fourth-order valence-electron chi connectivity index (χ4n) is 1.98. The first-order chi connectivity index (χ1) is 9.61. The van der Waals surface area contributed by atoms with Crippen molar-refractivity contribution in [2.45, 2.75) is 20.0 Å². The van der Waals surface area contributed by atoms with Gasteiger partial charge < -0.3 is 4.74 Å². The Hall–Kier alpha value is -1.88. The van der Waals surface area contributed by atoms with Crippen molar-refractivity contribution in [3.05, 3.63) is 47.3 Å². The van der Waals surface area contributed by atoms with E-state index in [1.165, 1.54) is 0 Å². The van der Waals surface area contributed by atoms with Crippen LogP contribution in [0.5, 0.6) is 5.75 Å². The molecule has 0 atom stereocenters. The molecule has 1 aromatic carbocycles. The van der Waals surface area contributed by atoms with Crippen LogP contribution in [0.25, 0.3) is 17.0 Å². The molecule has 0 fully saturated rings. The molecule has 0 aliphatic heterocycles. The number of aromatic nitrogens is 3. The first-order valence-corrected chi connectivity index (χ1v) is 7.18. The average Bonchev–Trinajstić information content (AvgIpc) is 2.81. The Morgan fingerprint density at radius 1 is 1.15 bits per heavy atom. The monoisotopic (exact) mass is 331 g/mol. The van der Waals surface area contributed by atoms with Gasteiger partial charge in [-0.3, -0.25) is 4.40 Å². The summed E-state index contributed by atoms with van der Waals surface area (Å²) in [4.78, 5) is 8.77. The predicted octanol–water partition coefficient (Wildman–Crippen LogP) is 3.95. The Bertz CT molecular complexity index is 734. The van der Waals surface area contributed by atoms with Crippen LogP contribution in [0.1, 0.15) is 13.8 Å². The summed E-state index contributed by atoms with van der Waals surface area (Å²) >= 11 is 3.40. The van der Waals surface area contributed by atoms with E-state index in [4.69, 9.17) is 4.74 Å². The number of benzene rings is 1. The van der Waals surface area contributed by atoms with E-state index >= 15 is 0 Å². The standard InChI is InChI=1S/C15H14BrN3O/c1-10(2)20-13-5-3-11(4-6-13)14-9-19-8-12(16)7-17-15(19)18-14/h3-10H,1-2H3. The maximum absolute atomic E-state index is 5.64. The van der Waals surface area contributed by atoms with Crippen molar-refractivity contribution in [3.8, 4) is 17.0 Å². The highest BCUT2D eigenvalue weighted by Crippen LogP contribution is 2.23. The van der Waals surface area contributed by atoms with Gasteiger partial charge in [0.15, 0.2) is 0 Å². The number of nitrogens with zero attached hydrogens (tertiary/aromatic N) is 3. The summed E-state index contributed by atoms with van der Waals surface area (Å²) in [6.07, 6.45) is 5.82. The van der Waals surface area contributed by atoms with E-state index in [9.17, 15) is 0 Å². The number of hydrogen-bond acceptors (Lipinski definition) is 3. The van der Waals surface area contributed by atoms with Crippen molar-refractivity contribution in [3.63, 3.8) is 0 Å². The third-order valence-electron chi connectivity index (χ3n) is 2.80. The Labute approximate surface area is 125 Å². The van der Waals surface area contributed by atoms with Gasteiger partial charge in [-0.1, -0.05) is 0 Å². The van der Waals surface area contributed by atoms with Crippen LogP contribution in [0.15, 0.2) is 47.3 Å². The summed E-state index contributed by atoms with van der Waals surface area (Å²) in [5.41, 5.74) is 1.94. The minimum Gasteiger partial charge on any atom is -0.491 e. The number of fused-ring (bicyclic) bond motifs is 1. The Kier molecular flexibility index (Phi) is 3.44. The van der Waals surface area contributed by atoms with E-state index in [0.717, 1.165) is 21.5 Å². The van der Waals surface area contributed by atoms with Gasteiger partial charge >= 0.3 is 0 Å². The van der Waals surface area contributed by atoms with E-state index in [0.29, 0.717) is 5.78 Å². The smallest absolute Gasteiger partial charge is 0.234 e. The molecule has 0 saturated carbocycles. The van der Waals surface area contributed by atoms with E-state index in [1.54, 1.807) is 6.20 Å². The normalized spacial score (nSPS) is 11.2. The summed E-state index contributed by atoms with van der Waals surface area (Å²) in [6, 6.07) is 7.94. The van der Waals surface area contributed by atoms with Gasteiger partial charge in [-0.05, 0) is 54.0 Å². The Morgan fingerprint density at radius 2 is 1.90 bits per heavy atom. The molecule has 0 spiro atoms. The SMILES string of the molecule is CC(C)Oc1ccc(-c2cn3cc(Br)cnc3n2)cc1. The van der Waals surface area contributed by atoms with Gasteiger partial charge in [0.05, 0.1) is 16.3 Å². The molecule has 0 radical (unpaired) electrons. The van der Waals surface area contributed by atoms with E-state index < -0.39 is 0 Å². The van der Waals surface area contributed by atoms with Crippen molar-refractivity contribution in [2.75, 3.05) is 0 Å². The molecule has 0 saturated heterocycles. The first-order valence-electron chi connectivity index (χ1n) is 6.39. The van der Waals surface area contributed by atoms with Crippen LogP contribution in [0.2, 0.25) is 0 Å². The number of rotatable bonds is 3. The molecule has 2 aromatic heterocycles. The molecule has 0 aliphatic rings. The summed E-state index contributed by atoms with van der Waals surface area (Å²) in [5.74, 6) is 1.55. The van der Waals surface area contributed by atoms with Crippen LogP contribution in [0.3, 0.4) is 0 Å². The highest BCUT2D eigenvalue weighted by Gasteiger charge is 2.06. The second-order valence-electron chi connectivity index (χ2n) is 4.80. The van der Waals surface area contributed by atoms with Crippen LogP contribution >= 0.6 is 15.9 Å². The molecular weight excluding hydrogens is 318 g/mol. The molecule has 5 heteroatoms. The van der Waals surface area contributed by atoms with E-state index in [-0.39, 0.29) is 6.10 Å². The summed E-state index contributed by atoms with van der Waals surface area (Å²) in [6.45, 7) is 4.03. The molecule has 0 amide bonds. The minimum absolute atomic E-state index is 0.178. The molecule has 20 heavy (non-hydrogen) atoms. The fraction of sp³-hybridized carbons (Fsp3) is 0.200. The van der Waals surface area contributed by atoms with Gasteiger partial charge in [-0.25, -0.2) is 9.97 Å². The second kappa shape index (κ2) is 5.25. The third kappa shape index (κ3) is 2.67. The van der Waals surface area contributed by atoms with E-state index in [1.807, 2.05) is 54.9 Å². The molecule has 0 bridgehead atoms. The summed E-state index contributed by atoms with van der Waals surface area (Å²) < 4.78 is 8.46. The maximum Gasteiger partial charge on any atom is 0.234 e. The van der Waals surface area contributed by atoms with Crippen LogP contribution in [-0.2, 0) is 0 Å². The zero-order valence-corrected chi connectivity index (χ0v) is 12.8. The molecule has 0 unspecified atom stereocenters. The molecule has 3 aromatic rings. The number of halogens is 1. The number of hydrogen-bond donors (Lipinski definition) is 0. The van der Waals surface area contributed by atoms with Gasteiger partial charge in [0.25, 0.3) is 0 Å². The minimum atomic E-state index is 0.178. The third-order valence-corrected chi connectivity index (χ3v) is 3.21. The average molecular weight is 332 g/mol. The topological polar surface area (TPSA) is 39.4 Å². The predicted molar refractivity (Wildman–Crippen MR) is 81.9 cm³/mol. The lowest BCUT2D eigenvalue weighted by Gasteiger charge is -2.09. The molecule has 0 N–H and O–H groups in total. The van der Waals surface area contributed by atoms with Gasteiger partial charge in [0.1, 0.15) is 5.75 Å². The van der Waals surface area contributed by atoms with Gasteiger partial charge in [0.2, 0.25) is 5.78 Å². The van der Waals surface area contributed by atoms with Crippen molar-refractivity contribution in [1.82, 2.24) is 14.4 Å². The quantitative estimate of drug-likeness (QED) is 0.729. The summed E-state index contributed by atoms with van der Waals surface area (Å²) in [5, 5.41) is 0. The zero-order valence-electron chi connectivity index (χ0n) is 11.2. The molecule has 102 valence electrons. The molecule has 3 rings (SSSR count). The lowest BCUT2D eigenvalue weighted by molar-refractivity contribution is 0.242. The largest absolute Gasteiger partial charge is 0.491 e. The Balaban J connectivity index is 1.94. The molecule has 0 aliphatic carbocycles. The number of imidazole rings is 1. The maximum atomic E-state index is 5.64. The highest BCUT2D eigenvalue weighted by molar-refractivity contribution is 9.10. The summed E-state index contributed by atoms with van der Waals surface area (Å²) in [7, 11) is 0. The van der Waals surface area contributed by atoms with Crippen molar-refractivity contribution in [1.29, 1.82) is 0 Å². The van der Waals surface area contributed by atoms with Crippen LogP contribution in [0, 0.1) is 0 Å². The second-order valence-corrected chi connectivity index (χ2v) is 5.71. The zero-order chi connectivity index (χ0) is 14.1. The molecule has 4 nitrogen and oxygen atoms in total. The van der Waals surface area contributed by atoms with Crippen molar-refractivity contribution < 1.29 is 4.74 Å². The van der Waals surface area contributed by atoms with Crippen LogP contribution in [-0.4, -0.2) is 20.5 Å². The first kappa shape index (κ1) is 13.1. The van der Waals surface area contributed by atoms with Crippen LogP contribution in [0.4, 0.5) is 0 Å². The van der Waals surface area contributed by atoms with Gasteiger partial charge in [0, 0.05) is 24.2 Å². The van der Waals surface area contributed by atoms with Gasteiger partial charge in [-0.2, -0.15) is 0 Å². The number of ether oxygens (including phenoxy) is 1. The lowest BCUT2D eigenvalue weighted by Crippen LogP contribution is -2.05. The molecule has 2 heterocycles. The van der Waals surface area contributed by atoms with E-state index in [2.05, 4.69) is 25.9 Å². The van der Waals surface area contributed by atoms with Crippen molar-refractivity contribution in [2.24, 2.45) is 0 Å². The highest BCUT2D eigenvalue weighted by atomic mass is 79.9.